The fourth-order valence-corrected chi connectivity index (χ4v) is 13.4. The van der Waals surface area contributed by atoms with Crippen molar-refractivity contribution in [3.8, 4) is 0 Å². The van der Waals surface area contributed by atoms with Crippen molar-refractivity contribution in [1.82, 2.24) is 0 Å². The molecule has 7 heteroatoms. The van der Waals surface area contributed by atoms with Crippen molar-refractivity contribution in [3.05, 3.63) is 36.0 Å². The molecule has 356 valence electrons. The van der Waals surface area contributed by atoms with E-state index in [2.05, 4.69) is 78.8 Å². The zero-order valence-corrected chi connectivity index (χ0v) is 40.8. The molecule has 62 heavy (non-hydrogen) atoms. The molecule has 0 bridgehead atoms. The zero-order chi connectivity index (χ0) is 44.7. The minimum atomic E-state index is -1.45. The van der Waals surface area contributed by atoms with E-state index in [0.29, 0.717) is 17.8 Å². The Kier molecular flexibility index (Phi) is 21.1. The summed E-state index contributed by atoms with van der Waals surface area (Å²) in [6, 6.07) is 0. The second-order valence-electron chi connectivity index (χ2n) is 21.8. The minimum absolute atomic E-state index is 0.145. The third-order valence-corrected chi connectivity index (χ3v) is 17.5. The smallest absolute Gasteiger partial charge is 0.305 e. The van der Waals surface area contributed by atoms with Crippen LogP contribution in [0.3, 0.4) is 0 Å². The summed E-state index contributed by atoms with van der Waals surface area (Å²) < 4.78 is 18.1. The molecule has 3 saturated carbocycles. The van der Waals surface area contributed by atoms with Crippen molar-refractivity contribution >= 4 is 5.97 Å². The van der Waals surface area contributed by atoms with Gasteiger partial charge in [-0.05, 0) is 149 Å². The maximum atomic E-state index is 12.6. The van der Waals surface area contributed by atoms with E-state index in [4.69, 9.17) is 14.2 Å². The first-order chi connectivity index (χ1) is 29.8. The van der Waals surface area contributed by atoms with Gasteiger partial charge in [-0.15, -0.1) is 0 Å². The summed E-state index contributed by atoms with van der Waals surface area (Å²) in [6.45, 7) is 17.0. The van der Waals surface area contributed by atoms with E-state index < -0.39 is 30.7 Å². The third kappa shape index (κ3) is 13.5. The van der Waals surface area contributed by atoms with Crippen molar-refractivity contribution in [2.24, 2.45) is 52.3 Å². The molecule has 0 aromatic rings. The summed E-state index contributed by atoms with van der Waals surface area (Å²) in [4.78, 5) is 12.6. The number of carbonyl (C=O) groups excluding carboxylic acids is 1. The topological polar surface area (TPSA) is 105 Å². The summed E-state index contributed by atoms with van der Waals surface area (Å²) in [5.41, 5.74) is 2.12. The Balaban J connectivity index is 0.998. The normalized spacial score (nSPS) is 35.8. The van der Waals surface area contributed by atoms with Crippen LogP contribution < -0.4 is 0 Å². The highest BCUT2D eigenvalue weighted by atomic mass is 16.7. The molecule has 1 aliphatic heterocycles. The number of hydrogen-bond acceptors (Lipinski definition) is 7. The van der Waals surface area contributed by atoms with Gasteiger partial charge in [0, 0.05) is 6.42 Å². The Morgan fingerprint density at radius 2 is 1.50 bits per heavy atom. The molecule has 5 rings (SSSR count). The maximum absolute atomic E-state index is 12.6. The van der Waals surface area contributed by atoms with Crippen LogP contribution in [0.2, 0.25) is 0 Å². The first-order valence-electron chi connectivity index (χ1n) is 26.3. The molecular weight excluding hydrogens is 773 g/mol. The van der Waals surface area contributed by atoms with Gasteiger partial charge in [-0.25, -0.2) is 0 Å². The lowest BCUT2D eigenvalue weighted by molar-refractivity contribution is -0.313. The number of esters is 1. The van der Waals surface area contributed by atoms with Gasteiger partial charge in [-0.2, -0.15) is 0 Å². The summed E-state index contributed by atoms with van der Waals surface area (Å²) >= 11 is 0. The van der Waals surface area contributed by atoms with Gasteiger partial charge in [0.1, 0.15) is 31.0 Å². The number of rotatable bonds is 26. The van der Waals surface area contributed by atoms with Crippen molar-refractivity contribution in [2.45, 2.75) is 246 Å². The predicted octanol–water partition coefficient (Wildman–Crippen LogP) is 13.0. The van der Waals surface area contributed by atoms with Crippen LogP contribution in [-0.2, 0) is 19.0 Å². The summed E-state index contributed by atoms with van der Waals surface area (Å²) in [7, 11) is 0. The number of carbonyl (C=O) groups is 1. The molecule has 0 spiro atoms. The Bertz CT molecular complexity index is 1410. The molecule has 0 aromatic carbocycles. The average molecular weight is 867 g/mol. The molecule has 5 aliphatic rings. The van der Waals surface area contributed by atoms with Gasteiger partial charge in [0.05, 0.1) is 6.10 Å². The van der Waals surface area contributed by atoms with E-state index in [1.165, 1.54) is 102 Å². The highest BCUT2D eigenvalue weighted by Crippen LogP contribution is 2.67. The van der Waals surface area contributed by atoms with Crippen molar-refractivity contribution in [3.63, 3.8) is 0 Å². The molecule has 0 aromatic heterocycles. The van der Waals surface area contributed by atoms with Gasteiger partial charge in [0.15, 0.2) is 6.29 Å². The molecule has 0 amide bonds. The van der Waals surface area contributed by atoms with Crippen LogP contribution in [0.15, 0.2) is 36.0 Å². The fraction of sp³-hybridized carbons (Fsp3) is 0.873. The van der Waals surface area contributed by atoms with Gasteiger partial charge < -0.3 is 29.5 Å². The van der Waals surface area contributed by atoms with Crippen LogP contribution in [0.4, 0.5) is 0 Å². The molecule has 1 heterocycles. The fourth-order valence-electron chi connectivity index (χ4n) is 13.4. The van der Waals surface area contributed by atoms with Crippen molar-refractivity contribution < 1.29 is 34.3 Å². The first kappa shape index (κ1) is 51.5. The summed E-state index contributed by atoms with van der Waals surface area (Å²) in [5.74, 6) is 5.21. The molecule has 4 fully saturated rings. The van der Waals surface area contributed by atoms with Gasteiger partial charge in [0.2, 0.25) is 0 Å². The highest BCUT2D eigenvalue weighted by molar-refractivity contribution is 5.69. The van der Waals surface area contributed by atoms with Crippen LogP contribution in [0.25, 0.3) is 0 Å². The van der Waals surface area contributed by atoms with Crippen molar-refractivity contribution in [1.29, 1.82) is 0 Å². The van der Waals surface area contributed by atoms with E-state index in [1.54, 1.807) is 0 Å². The monoisotopic (exact) mass is 867 g/mol. The van der Waals surface area contributed by atoms with Crippen LogP contribution in [0.5, 0.6) is 0 Å². The lowest BCUT2D eigenvalue weighted by Gasteiger charge is -2.58. The highest BCUT2D eigenvalue weighted by Gasteiger charge is 2.59. The maximum Gasteiger partial charge on any atom is 0.305 e. The lowest BCUT2D eigenvalue weighted by atomic mass is 9.47. The number of fused-ring (bicyclic) bond motifs is 5. The molecule has 14 atom stereocenters. The van der Waals surface area contributed by atoms with Gasteiger partial charge in [0.25, 0.3) is 0 Å². The number of ether oxygens (including phenoxy) is 3. The van der Waals surface area contributed by atoms with E-state index >= 15 is 0 Å². The Hall–Kier alpha value is -1.51. The second-order valence-corrected chi connectivity index (χ2v) is 21.8. The zero-order valence-electron chi connectivity index (χ0n) is 40.8. The number of unbranched alkanes of at least 4 members (excludes halogenated alkanes) is 10. The van der Waals surface area contributed by atoms with Crippen LogP contribution in [0.1, 0.15) is 209 Å². The lowest BCUT2D eigenvalue weighted by Crippen LogP contribution is -2.60. The molecule has 1 saturated heterocycles. The molecule has 7 nitrogen and oxygen atoms in total. The van der Waals surface area contributed by atoms with Gasteiger partial charge in [-0.1, -0.05) is 142 Å². The molecule has 0 radical (unpaired) electrons. The predicted molar refractivity (Wildman–Crippen MR) is 253 cm³/mol. The number of allylic oxidation sites excluding steroid dienone is 5. The number of aliphatic hydroxyl groups is 3. The van der Waals surface area contributed by atoms with E-state index in [-0.39, 0.29) is 24.1 Å². The SMILES string of the molecule is CCCCC/C=C\C/C=C\CCCCCCCCCC(=O)OCC1OC(OC2CCC3(C)C(=CCC4C3CCC3(C)C(C(C)CCC(CC)C(C)C)CCC43)C2)C(O)C(O)C1O. The third-order valence-electron chi connectivity index (χ3n) is 17.5. The Morgan fingerprint density at radius 3 is 2.19 bits per heavy atom. The minimum Gasteiger partial charge on any atom is -0.463 e. The van der Waals surface area contributed by atoms with Crippen LogP contribution in [-0.4, -0.2) is 64.7 Å². The van der Waals surface area contributed by atoms with Crippen LogP contribution in [0, 0.1) is 52.3 Å². The average Bonchev–Trinajstić information content (AvgIpc) is 3.62. The molecule has 14 unspecified atom stereocenters. The molecule has 4 aliphatic carbocycles. The van der Waals surface area contributed by atoms with Crippen LogP contribution >= 0.6 is 0 Å². The largest absolute Gasteiger partial charge is 0.463 e. The molecular formula is C55H94O7. The molecule has 3 N–H and O–H groups in total. The number of aliphatic hydroxyl groups excluding tert-OH is 3. The first-order valence-corrected chi connectivity index (χ1v) is 26.3. The Labute approximate surface area is 379 Å². The standard InChI is InChI=1S/C55H94O7/c1-8-10-11-12-13-14-15-16-17-18-19-20-21-22-23-24-25-26-49(56)60-38-48-50(57)51(58)52(59)53(62-48)61-43-33-35-54(6)42(37-43)29-30-44-46-32-31-45(55(46,7)36-34-47(44)54)40(5)27-28-41(9-2)39(3)4/h13-14,16-17,29,39-41,43-48,50-53,57-59H,8-12,15,18-28,30-38H2,1-7H3/b14-13-,17-16-. The number of hydrogen-bond donors (Lipinski definition) is 3. The van der Waals surface area contributed by atoms with E-state index in [9.17, 15) is 20.1 Å². The quantitative estimate of drug-likeness (QED) is 0.0452. The summed E-state index contributed by atoms with van der Waals surface area (Å²) in [6.07, 6.45) is 34.1. The van der Waals surface area contributed by atoms with Crippen molar-refractivity contribution in [2.75, 3.05) is 6.61 Å². The Morgan fingerprint density at radius 1 is 0.806 bits per heavy atom. The second kappa shape index (κ2) is 25.4. The van der Waals surface area contributed by atoms with E-state index in [1.807, 2.05) is 0 Å². The summed E-state index contributed by atoms with van der Waals surface area (Å²) in [5, 5.41) is 32.6. The van der Waals surface area contributed by atoms with Gasteiger partial charge >= 0.3 is 5.97 Å². The van der Waals surface area contributed by atoms with E-state index in [0.717, 1.165) is 93.3 Å². The van der Waals surface area contributed by atoms with Gasteiger partial charge in [-0.3, -0.25) is 4.79 Å².